The first-order valence-electron chi connectivity index (χ1n) is 9.77. The van der Waals surface area contributed by atoms with Gasteiger partial charge in [0.1, 0.15) is 5.82 Å². The van der Waals surface area contributed by atoms with Gasteiger partial charge in [-0.15, -0.1) is 11.3 Å². The molecule has 0 saturated heterocycles. The van der Waals surface area contributed by atoms with E-state index in [1.807, 2.05) is 29.6 Å². The van der Waals surface area contributed by atoms with Crippen LogP contribution < -0.4 is 0 Å². The lowest BCUT2D eigenvalue weighted by Gasteiger charge is -2.13. The molecule has 0 bridgehead atoms. The monoisotopic (exact) mass is 492 g/mol. The minimum Gasteiger partial charge on any atom is -0.237 e. The van der Waals surface area contributed by atoms with Gasteiger partial charge in [0.05, 0.1) is 27.6 Å². The Kier molecular flexibility index (Phi) is 5.29. The van der Waals surface area contributed by atoms with Gasteiger partial charge in [-0.2, -0.15) is 0 Å². The smallest absolute Gasteiger partial charge is 0.237 e. The number of benzene rings is 3. The van der Waals surface area contributed by atoms with Crippen LogP contribution in [0.25, 0.3) is 37.4 Å². The Balaban J connectivity index is 1.96. The third-order valence-electron chi connectivity index (χ3n) is 5.29. The summed E-state index contributed by atoms with van der Waals surface area (Å²) in [6.45, 7) is 7.59. The first kappa shape index (κ1) is 21.4. The number of aromatic nitrogens is 1. The van der Waals surface area contributed by atoms with Crippen LogP contribution in [-0.2, 0) is 10.0 Å². The van der Waals surface area contributed by atoms with E-state index in [4.69, 9.17) is 18.2 Å². The van der Waals surface area contributed by atoms with Crippen molar-refractivity contribution in [3.8, 4) is 21.7 Å². The third kappa shape index (κ3) is 3.53. The molecular formula is C25H14ClFN2O2S2. The van der Waals surface area contributed by atoms with Gasteiger partial charge in [-0.3, -0.25) is 0 Å². The summed E-state index contributed by atoms with van der Waals surface area (Å²) in [6.07, 6.45) is 0. The van der Waals surface area contributed by atoms with Gasteiger partial charge < -0.3 is 0 Å². The summed E-state index contributed by atoms with van der Waals surface area (Å²) in [5, 5.41) is 2.93. The van der Waals surface area contributed by atoms with Crippen LogP contribution >= 0.6 is 22.9 Å². The lowest BCUT2D eigenvalue weighted by atomic mass is 9.99. The molecule has 2 heterocycles. The Morgan fingerprint density at radius 2 is 1.73 bits per heavy atom. The van der Waals surface area contributed by atoms with E-state index in [0.717, 1.165) is 0 Å². The number of halogens is 2. The summed E-state index contributed by atoms with van der Waals surface area (Å²) in [6, 6.07) is 20.7. The van der Waals surface area contributed by atoms with Gasteiger partial charge in [-0.1, -0.05) is 41.9 Å². The highest BCUT2D eigenvalue weighted by molar-refractivity contribution is 7.90. The quantitative estimate of drug-likeness (QED) is 0.242. The van der Waals surface area contributed by atoms with Crippen molar-refractivity contribution in [1.29, 1.82) is 0 Å². The van der Waals surface area contributed by atoms with Crippen molar-refractivity contribution in [2.24, 2.45) is 0 Å². The van der Waals surface area contributed by atoms with Crippen molar-refractivity contribution in [2.75, 3.05) is 0 Å². The van der Waals surface area contributed by atoms with Crippen molar-refractivity contribution in [2.45, 2.75) is 4.90 Å². The summed E-state index contributed by atoms with van der Waals surface area (Å²) in [5.74, 6) is -0.528. The van der Waals surface area contributed by atoms with Crippen molar-refractivity contribution in [3.05, 3.63) is 106 Å². The van der Waals surface area contributed by atoms with E-state index in [1.165, 1.54) is 57.8 Å². The van der Waals surface area contributed by atoms with Crippen molar-refractivity contribution < 1.29 is 12.8 Å². The maximum Gasteiger partial charge on any atom is 0.268 e. The van der Waals surface area contributed by atoms with Gasteiger partial charge >= 0.3 is 0 Å². The van der Waals surface area contributed by atoms with Crippen molar-refractivity contribution in [1.82, 2.24) is 3.97 Å². The number of fused-ring (bicyclic) bond motifs is 1. The fraction of sp³-hybridized carbons (Fsp3) is 0. The highest BCUT2D eigenvalue weighted by Crippen LogP contribution is 2.46. The molecule has 0 saturated carbocycles. The zero-order valence-electron chi connectivity index (χ0n) is 16.9. The van der Waals surface area contributed by atoms with E-state index >= 15 is 0 Å². The van der Waals surface area contributed by atoms with E-state index in [9.17, 15) is 12.8 Å². The number of nitrogens with zero attached hydrogens (tertiary/aromatic N) is 2. The molecule has 33 heavy (non-hydrogen) atoms. The minimum atomic E-state index is -4.04. The van der Waals surface area contributed by atoms with Gasteiger partial charge in [0.15, 0.2) is 5.69 Å². The molecule has 0 N–H and O–H groups in total. The number of rotatable bonds is 4. The molecule has 0 aliphatic carbocycles. The first-order chi connectivity index (χ1) is 15.9. The molecule has 0 atom stereocenters. The molecule has 0 fully saturated rings. The molecule has 0 spiro atoms. The molecular weight excluding hydrogens is 479 g/mol. The van der Waals surface area contributed by atoms with E-state index in [-0.39, 0.29) is 10.6 Å². The number of para-hydroxylation sites is 1. The Labute approximate surface area is 199 Å². The zero-order chi connectivity index (χ0) is 23.2. The second-order valence-electron chi connectivity index (χ2n) is 7.21. The Morgan fingerprint density at radius 3 is 2.42 bits per heavy atom. The average Bonchev–Trinajstić information content (AvgIpc) is 3.45. The van der Waals surface area contributed by atoms with Crippen molar-refractivity contribution in [3.63, 3.8) is 0 Å². The van der Waals surface area contributed by atoms with Gasteiger partial charge in [-0.25, -0.2) is 21.6 Å². The SMILES string of the molecule is [C-]#[N+]c1cc(F)ccc1-c1c(-c2cccs2)n(S(=O)(=O)c2ccc(Cl)cc2)c2ccccc12. The molecule has 5 aromatic rings. The van der Waals surface area contributed by atoms with E-state index < -0.39 is 15.8 Å². The largest absolute Gasteiger partial charge is 0.268 e. The van der Waals surface area contributed by atoms with Crippen LogP contribution in [-0.4, -0.2) is 12.4 Å². The zero-order valence-corrected chi connectivity index (χ0v) is 19.3. The highest BCUT2D eigenvalue weighted by Gasteiger charge is 2.29. The number of hydrogen-bond donors (Lipinski definition) is 0. The summed E-state index contributed by atoms with van der Waals surface area (Å²) in [7, 11) is -4.04. The predicted molar refractivity (Wildman–Crippen MR) is 131 cm³/mol. The average molecular weight is 493 g/mol. The molecule has 8 heteroatoms. The lowest BCUT2D eigenvalue weighted by molar-refractivity contribution is 0.589. The summed E-state index contributed by atoms with van der Waals surface area (Å²) < 4.78 is 43.1. The second kappa shape index (κ2) is 8.16. The maximum absolute atomic E-state index is 13.9. The predicted octanol–water partition coefficient (Wildman–Crippen LogP) is 7.62. The second-order valence-corrected chi connectivity index (χ2v) is 10.4. The minimum absolute atomic E-state index is 0.0847. The summed E-state index contributed by atoms with van der Waals surface area (Å²) in [5.41, 5.74) is 2.04. The summed E-state index contributed by atoms with van der Waals surface area (Å²) >= 11 is 7.37. The molecule has 0 radical (unpaired) electrons. The maximum atomic E-state index is 13.9. The normalized spacial score (nSPS) is 11.5. The van der Waals surface area contributed by atoms with Crippen LogP contribution in [0.4, 0.5) is 10.1 Å². The van der Waals surface area contributed by atoms with Gasteiger partial charge in [0.25, 0.3) is 10.0 Å². The van der Waals surface area contributed by atoms with Gasteiger partial charge in [0, 0.05) is 16.0 Å². The van der Waals surface area contributed by atoms with Crippen LogP contribution in [0.1, 0.15) is 0 Å². The van der Waals surface area contributed by atoms with Crippen LogP contribution in [0.2, 0.25) is 5.02 Å². The molecule has 0 amide bonds. The molecule has 5 rings (SSSR count). The fourth-order valence-corrected chi connectivity index (χ4v) is 6.38. The molecule has 0 aliphatic rings. The van der Waals surface area contributed by atoms with E-state index in [0.29, 0.717) is 37.6 Å². The topological polar surface area (TPSA) is 43.4 Å². The van der Waals surface area contributed by atoms with Crippen LogP contribution in [0, 0.1) is 12.4 Å². The Hall–Kier alpha value is -3.44. The third-order valence-corrected chi connectivity index (χ3v) is 8.14. The fourth-order valence-electron chi connectivity index (χ4n) is 3.89. The van der Waals surface area contributed by atoms with Crippen molar-refractivity contribution >= 4 is 49.6 Å². The number of thiophene rings is 1. The molecule has 0 aliphatic heterocycles. The lowest BCUT2D eigenvalue weighted by Crippen LogP contribution is -2.14. The number of hydrogen-bond acceptors (Lipinski definition) is 3. The van der Waals surface area contributed by atoms with E-state index in [1.54, 1.807) is 12.1 Å². The standard InChI is InChI=1S/C25H14ClFN2O2S2/c1-28-21-15-17(27)10-13-19(21)24-20-5-2-3-6-22(20)29(25(24)23-7-4-14-32-23)33(30,31)18-11-8-16(26)9-12-18/h2-15H. The first-order valence-corrected chi connectivity index (χ1v) is 12.5. The Bertz CT molecular complexity index is 1650. The molecule has 4 nitrogen and oxygen atoms in total. The molecule has 2 aromatic heterocycles. The highest BCUT2D eigenvalue weighted by atomic mass is 35.5. The Morgan fingerprint density at radius 1 is 0.970 bits per heavy atom. The van der Waals surface area contributed by atoms with Gasteiger partial charge in [-0.05, 0) is 59.5 Å². The molecule has 0 unspecified atom stereocenters. The summed E-state index contributed by atoms with van der Waals surface area (Å²) in [4.78, 5) is 4.31. The van der Waals surface area contributed by atoms with Crippen LogP contribution in [0.15, 0.2) is 89.1 Å². The van der Waals surface area contributed by atoms with Gasteiger partial charge in [0.2, 0.25) is 0 Å². The van der Waals surface area contributed by atoms with E-state index in [2.05, 4.69) is 4.85 Å². The van der Waals surface area contributed by atoms with Crippen LogP contribution in [0.5, 0.6) is 0 Å². The molecule has 3 aromatic carbocycles. The molecule has 162 valence electrons. The van der Waals surface area contributed by atoms with Crippen LogP contribution in [0.3, 0.4) is 0 Å².